The first-order valence-electron chi connectivity index (χ1n) is 7.08. The molecule has 6 heteroatoms. The van der Waals surface area contributed by atoms with Crippen molar-refractivity contribution < 1.29 is 0 Å². The highest BCUT2D eigenvalue weighted by molar-refractivity contribution is 8.00. The van der Waals surface area contributed by atoms with Gasteiger partial charge in [-0.15, -0.1) is 0 Å². The lowest BCUT2D eigenvalue weighted by molar-refractivity contribution is 0.485. The van der Waals surface area contributed by atoms with E-state index < -0.39 is 0 Å². The molecule has 1 atom stereocenters. The molecule has 1 saturated heterocycles. The van der Waals surface area contributed by atoms with E-state index in [1.807, 2.05) is 6.07 Å². The molecule has 2 N–H and O–H groups in total. The van der Waals surface area contributed by atoms with E-state index in [1.54, 1.807) is 18.1 Å². The lowest BCUT2D eigenvalue weighted by Gasteiger charge is -2.33. The quantitative estimate of drug-likeness (QED) is 0.846. The molecule has 1 aromatic carbocycles. The van der Waals surface area contributed by atoms with Gasteiger partial charge in [0.1, 0.15) is 12.1 Å². The Balaban J connectivity index is 1.59. The van der Waals surface area contributed by atoms with Gasteiger partial charge in [0.2, 0.25) is 0 Å². The summed E-state index contributed by atoms with van der Waals surface area (Å²) >= 11 is 1.56. The van der Waals surface area contributed by atoms with Crippen LogP contribution in [0.4, 0.5) is 11.5 Å². The van der Waals surface area contributed by atoms with Gasteiger partial charge in [0.15, 0.2) is 0 Å². The van der Waals surface area contributed by atoms with Gasteiger partial charge in [-0.05, 0) is 49.2 Å². The minimum absolute atomic E-state index is 0.548. The molecule has 5 nitrogen and oxygen atoms in total. The second kappa shape index (κ2) is 6.78. The van der Waals surface area contributed by atoms with E-state index in [1.165, 1.54) is 16.9 Å². The highest BCUT2D eigenvalue weighted by atomic mass is 32.2. The molecule has 0 bridgehead atoms. The zero-order chi connectivity index (χ0) is 14.5. The fourth-order valence-corrected chi connectivity index (χ4v) is 2.97. The molecule has 1 unspecified atom stereocenters. The van der Waals surface area contributed by atoms with Crippen LogP contribution in [0.3, 0.4) is 0 Å². The Morgan fingerprint density at radius 3 is 2.86 bits per heavy atom. The Labute approximate surface area is 129 Å². The van der Waals surface area contributed by atoms with Gasteiger partial charge < -0.3 is 14.9 Å². The predicted octanol–water partition coefficient (Wildman–Crippen LogP) is 2.39. The minimum Gasteiger partial charge on any atom is -0.369 e. The molecule has 0 radical (unpaired) electrons. The number of anilines is 2. The Kier molecular flexibility index (Phi) is 4.57. The van der Waals surface area contributed by atoms with Crippen LogP contribution in [0.5, 0.6) is 0 Å². The normalized spacial score (nSPS) is 18.5. The third-order valence-corrected chi connectivity index (χ3v) is 4.25. The molecular formula is C15H19N5S. The topological polar surface area (TPSA) is 53.1 Å². The van der Waals surface area contributed by atoms with Crippen molar-refractivity contribution in [3.63, 3.8) is 0 Å². The Morgan fingerprint density at radius 2 is 2.14 bits per heavy atom. The second-order valence-electron chi connectivity index (χ2n) is 5.09. The van der Waals surface area contributed by atoms with Crippen molar-refractivity contribution in [1.29, 1.82) is 0 Å². The molecule has 0 amide bonds. The number of hydrogen-bond donors (Lipinski definition) is 2. The number of nitrogens with zero attached hydrogens (tertiary/aromatic N) is 3. The molecule has 1 fully saturated rings. The van der Waals surface area contributed by atoms with Crippen LogP contribution in [0, 0.1) is 0 Å². The lowest BCUT2D eigenvalue weighted by Crippen LogP contribution is -2.49. The number of benzene rings is 1. The van der Waals surface area contributed by atoms with Gasteiger partial charge in [-0.2, -0.15) is 0 Å². The summed E-state index contributed by atoms with van der Waals surface area (Å²) in [5, 5.41) is 3.46. The van der Waals surface area contributed by atoms with Gasteiger partial charge in [0, 0.05) is 42.5 Å². The van der Waals surface area contributed by atoms with E-state index in [0.29, 0.717) is 6.04 Å². The van der Waals surface area contributed by atoms with Crippen molar-refractivity contribution in [3.05, 3.63) is 42.9 Å². The first-order valence-corrected chi connectivity index (χ1v) is 7.90. The molecule has 1 aliphatic heterocycles. The monoisotopic (exact) mass is 301 g/mol. The summed E-state index contributed by atoms with van der Waals surface area (Å²) in [5.41, 5.74) is 1.29. The van der Waals surface area contributed by atoms with Crippen molar-refractivity contribution in [3.8, 4) is 0 Å². The summed E-state index contributed by atoms with van der Waals surface area (Å²) in [6.45, 7) is 5.40. The van der Waals surface area contributed by atoms with Crippen LogP contribution in [0.25, 0.3) is 0 Å². The van der Waals surface area contributed by atoms with Crippen molar-refractivity contribution >= 4 is 23.5 Å². The lowest BCUT2D eigenvalue weighted by atomic mass is 10.2. The van der Waals surface area contributed by atoms with Crippen LogP contribution in [-0.4, -0.2) is 35.6 Å². The molecule has 21 heavy (non-hydrogen) atoms. The molecule has 0 saturated carbocycles. The van der Waals surface area contributed by atoms with E-state index in [-0.39, 0.29) is 0 Å². The van der Waals surface area contributed by atoms with Gasteiger partial charge in [-0.25, -0.2) is 9.97 Å². The van der Waals surface area contributed by atoms with Crippen LogP contribution >= 0.6 is 11.9 Å². The highest BCUT2D eigenvalue weighted by Gasteiger charge is 2.15. The zero-order valence-corrected chi connectivity index (χ0v) is 12.8. The van der Waals surface area contributed by atoms with Gasteiger partial charge in [-0.3, -0.25) is 0 Å². The smallest absolute Gasteiger partial charge is 0.139 e. The van der Waals surface area contributed by atoms with E-state index in [0.717, 1.165) is 25.5 Å². The van der Waals surface area contributed by atoms with Gasteiger partial charge in [0.05, 0.1) is 0 Å². The zero-order valence-electron chi connectivity index (χ0n) is 12.0. The summed E-state index contributed by atoms with van der Waals surface area (Å²) in [6, 6.07) is 11.0. The van der Waals surface area contributed by atoms with Crippen molar-refractivity contribution in [1.82, 2.24) is 15.3 Å². The summed E-state index contributed by atoms with van der Waals surface area (Å²) in [6.07, 6.45) is 3.27. The maximum Gasteiger partial charge on any atom is 0.139 e. The summed E-state index contributed by atoms with van der Waals surface area (Å²) < 4.78 is 3.21. The van der Waals surface area contributed by atoms with Crippen molar-refractivity contribution in [2.45, 2.75) is 17.9 Å². The predicted molar refractivity (Wildman–Crippen MR) is 87.6 cm³/mol. The third kappa shape index (κ3) is 3.86. The molecule has 2 aromatic rings. The molecule has 2 heterocycles. The second-order valence-corrected chi connectivity index (χ2v) is 5.97. The standard InChI is InChI=1S/C15H19N5S/c1-12-10-20(9-8-17-12)13-2-4-14(5-3-13)21-19-15-6-7-16-11-18-15/h2-7,11-12,17H,8-10H2,1H3,(H,16,18,19). The van der Waals surface area contributed by atoms with Gasteiger partial charge >= 0.3 is 0 Å². The Morgan fingerprint density at radius 1 is 1.29 bits per heavy atom. The van der Waals surface area contributed by atoms with E-state index >= 15 is 0 Å². The summed E-state index contributed by atoms with van der Waals surface area (Å²) in [4.78, 5) is 11.6. The van der Waals surface area contributed by atoms with Gasteiger partial charge in [0.25, 0.3) is 0 Å². The van der Waals surface area contributed by atoms with Crippen LogP contribution in [0.1, 0.15) is 6.92 Å². The van der Waals surface area contributed by atoms with Gasteiger partial charge in [-0.1, -0.05) is 0 Å². The van der Waals surface area contributed by atoms with Crippen LogP contribution in [0.2, 0.25) is 0 Å². The molecule has 110 valence electrons. The van der Waals surface area contributed by atoms with E-state index in [9.17, 15) is 0 Å². The average molecular weight is 301 g/mol. The first kappa shape index (κ1) is 14.2. The van der Waals surface area contributed by atoms with Crippen molar-refractivity contribution in [2.75, 3.05) is 29.3 Å². The molecule has 0 aliphatic carbocycles. The third-order valence-electron chi connectivity index (χ3n) is 3.43. The summed E-state index contributed by atoms with van der Waals surface area (Å²) in [7, 11) is 0. The first-order chi connectivity index (χ1) is 10.3. The maximum atomic E-state index is 4.13. The van der Waals surface area contributed by atoms with Crippen LogP contribution in [-0.2, 0) is 0 Å². The number of piperazine rings is 1. The molecular weight excluding hydrogens is 282 g/mol. The number of aromatic nitrogens is 2. The van der Waals surface area contributed by atoms with Crippen LogP contribution in [0.15, 0.2) is 47.8 Å². The number of rotatable bonds is 4. The SMILES string of the molecule is CC1CN(c2ccc(SNc3ccncn3)cc2)CCN1. The number of nitrogens with one attached hydrogen (secondary N) is 2. The number of hydrogen-bond acceptors (Lipinski definition) is 6. The largest absolute Gasteiger partial charge is 0.369 e. The Hall–Kier alpha value is -1.79. The molecule has 3 rings (SSSR count). The molecule has 1 aromatic heterocycles. The minimum atomic E-state index is 0.548. The average Bonchev–Trinajstić information content (AvgIpc) is 2.54. The highest BCUT2D eigenvalue weighted by Crippen LogP contribution is 2.23. The molecule has 0 spiro atoms. The van der Waals surface area contributed by atoms with Crippen LogP contribution < -0.4 is 14.9 Å². The molecule has 1 aliphatic rings. The van der Waals surface area contributed by atoms with E-state index in [2.05, 4.69) is 56.1 Å². The maximum absolute atomic E-state index is 4.13. The Bertz CT molecular complexity index is 560. The van der Waals surface area contributed by atoms with E-state index in [4.69, 9.17) is 0 Å². The summed E-state index contributed by atoms with van der Waals surface area (Å²) in [5.74, 6) is 0.815. The fourth-order valence-electron chi connectivity index (χ4n) is 2.35. The fraction of sp³-hybridized carbons (Fsp3) is 0.333. The van der Waals surface area contributed by atoms with Crippen molar-refractivity contribution in [2.24, 2.45) is 0 Å².